The van der Waals surface area contributed by atoms with Gasteiger partial charge in [0, 0.05) is 7.11 Å². The predicted molar refractivity (Wildman–Crippen MR) is 154 cm³/mol. The Morgan fingerprint density at radius 3 is 1.95 bits per heavy atom. The SMILES string of the molecule is COc1ccc(C(O[C@@H]2[C@@H](OC)[C@H](n3cnc4c(N)ncnc43)O[C@H]2O)(c2ccccc2)c2ccc(OC)cc2)cc1. The number of nitrogens with zero attached hydrogens (tertiary/aromatic N) is 4. The van der Waals surface area contributed by atoms with Crippen molar-refractivity contribution in [1.29, 1.82) is 0 Å². The first-order valence-corrected chi connectivity index (χ1v) is 13.3. The maximum absolute atomic E-state index is 11.4. The van der Waals surface area contributed by atoms with Gasteiger partial charge in [0.15, 0.2) is 24.0 Å². The van der Waals surface area contributed by atoms with Crippen molar-refractivity contribution in [2.45, 2.75) is 30.3 Å². The Morgan fingerprint density at radius 2 is 1.38 bits per heavy atom. The van der Waals surface area contributed by atoms with E-state index in [9.17, 15) is 5.11 Å². The molecule has 1 aliphatic heterocycles. The molecule has 0 saturated carbocycles. The first-order valence-electron chi connectivity index (χ1n) is 13.3. The van der Waals surface area contributed by atoms with E-state index in [0.717, 1.165) is 16.7 Å². The van der Waals surface area contributed by atoms with Gasteiger partial charge in [-0.05, 0) is 41.0 Å². The number of aromatic nitrogens is 4. The first kappa shape index (κ1) is 27.6. The number of anilines is 1. The largest absolute Gasteiger partial charge is 0.497 e. The number of ether oxygens (including phenoxy) is 5. The monoisotopic (exact) mass is 569 g/mol. The molecule has 1 aliphatic rings. The number of rotatable bonds is 9. The summed E-state index contributed by atoms with van der Waals surface area (Å²) in [6.45, 7) is 0. The summed E-state index contributed by atoms with van der Waals surface area (Å²) in [5.74, 6) is 1.63. The minimum Gasteiger partial charge on any atom is -0.497 e. The molecule has 3 heterocycles. The Bertz CT molecular complexity index is 1600. The van der Waals surface area contributed by atoms with Gasteiger partial charge in [0.1, 0.15) is 41.2 Å². The standard InChI is InChI=1S/C31H31N5O6/c1-38-22-13-9-20(10-14-22)31(19-7-5-4-6-8-19,21-11-15-23(39-2)16-12-21)42-26-25(40-3)29(41-30(26)37)36-18-35-24-27(32)33-17-34-28(24)36/h4-18,25-26,29-30,37H,1-3H3,(H2,32,33,34)/t25-,26-,29-,30-/m1/s1. The van der Waals surface area contributed by atoms with Crippen molar-refractivity contribution in [3.05, 3.63) is 108 Å². The molecule has 0 amide bonds. The quantitative estimate of drug-likeness (QED) is 0.253. The minimum absolute atomic E-state index is 0.237. The highest BCUT2D eigenvalue weighted by atomic mass is 16.7. The van der Waals surface area contributed by atoms with Crippen LogP contribution in [0.2, 0.25) is 0 Å². The molecular formula is C31H31N5O6. The number of fused-ring (bicyclic) bond motifs is 1. The lowest BCUT2D eigenvalue weighted by atomic mass is 9.79. The van der Waals surface area contributed by atoms with E-state index in [4.69, 9.17) is 29.4 Å². The number of aliphatic hydroxyl groups excluding tert-OH is 1. The summed E-state index contributed by atoms with van der Waals surface area (Å²) in [4.78, 5) is 12.7. The average molecular weight is 570 g/mol. The molecule has 5 aromatic rings. The molecule has 0 bridgehead atoms. The third-order valence-electron chi connectivity index (χ3n) is 7.58. The fourth-order valence-electron chi connectivity index (χ4n) is 5.51. The Morgan fingerprint density at radius 1 is 0.786 bits per heavy atom. The topological polar surface area (TPSA) is 136 Å². The molecule has 1 fully saturated rings. The molecule has 216 valence electrons. The first-order chi connectivity index (χ1) is 20.5. The zero-order chi connectivity index (χ0) is 29.3. The van der Waals surface area contributed by atoms with Gasteiger partial charge in [-0.2, -0.15) is 0 Å². The van der Waals surface area contributed by atoms with Gasteiger partial charge in [0.25, 0.3) is 0 Å². The van der Waals surface area contributed by atoms with E-state index in [0.29, 0.717) is 22.7 Å². The van der Waals surface area contributed by atoms with Crippen LogP contribution >= 0.6 is 0 Å². The molecule has 0 radical (unpaired) electrons. The highest BCUT2D eigenvalue weighted by Crippen LogP contribution is 2.46. The van der Waals surface area contributed by atoms with E-state index in [1.54, 1.807) is 32.2 Å². The molecule has 0 spiro atoms. The summed E-state index contributed by atoms with van der Waals surface area (Å²) in [5, 5.41) is 11.4. The van der Waals surface area contributed by atoms with Crippen LogP contribution in [0, 0.1) is 0 Å². The van der Waals surface area contributed by atoms with Gasteiger partial charge >= 0.3 is 0 Å². The van der Waals surface area contributed by atoms with Crippen LogP contribution in [0.3, 0.4) is 0 Å². The van der Waals surface area contributed by atoms with Gasteiger partial charge in [-0.1, -0.05) is 54.6 Å². The zero-order valence-electron chi connectivity index (χ0n) is 23.3. The maximum atomic E-state index is 11.4. The maximum Gasteiger partial charge on any atom is 0.186 e. The molecule has 0 unspecified atom stereocenters. The summed E-state index contributed by atoms with van der Waals surface area (Å²) in [7, 11) is 4.78. The van der Waals surface area contributed by atoms with Gasteiger partial charge < -0.3 is 34.5 Å². The zero-order valence-corrected chi connectivity index (χ0v) is 23.3. The Hall–Kier alpha value is -4.55. The van der Waals surface area contributed by atoms with Crippen LogP contribution in [0.5, 0.6) is 11.5 Å². The van der Waals surface area contributed by atoms with Crippen LogP contribution < -0.4 is 15.2 Å². The molecule has 3 N–H and O–H groups in total. The number of hydrogen-bond donors (Lipinski definition) is 2. The van der Waals surface area contributed by atoms with Gasteiger partial charge in [-0.3, -0.25) is 4.57 Å². The third kappa shape index (κ3) is 4.62. The van der Waals surface area contributed by atoms with Gasteiger partial charge in [-0.25, -0.2) is 15.0 Å². The fraction of sp³-hybridized carbons (Fsp3) is 0.258. The second-order valence-electron chi connectivity index (χ2n) is 9.79. The predicted octanol–water partition coefficient (Wildman–Crippen LogP) is 3.67. The third-order valence-corrected chi connectivity index (χ3v) is 7.58. The fourth-order valence-corrected chi connectivity index (χ4v) is 5.51. The number of nitrogen functional groups attached to an aromatic ring is 1. The van der Waals surface area contributed by atoms with Crippen LogP contribution in [0.4, 0.5) is 5.82 Å². The molecule has 0 aliphatic carbocycles. The van der Waals surface area contributed by atoms with Crippen LogP contribution in [0.25, 0.3) is 11.2 Å². The molecule has 6 rings (SSSR count). The molecule has 11 heteroatoms. The van der Waals surface area contributed by atoms with Crippen molar-refractivity contribution in [3.63, 3.8) is 0 Å². The van der Waals surface area contributed by atoms with E-state index < -0.39 is 30.3 Å². The summed E-state index contributed by atoms with van der Waals surface area (Å²) in [6.07, 6.45) is -1.02. The van der Waals surface area contributed by atoms with Gasteiger partial charge in [0.05, 0.1) is 20.5 Å². The summed E-state index contributed by atoms with van der Waals surface area (Å²) in [6, 6.07) is 25.1. The highest BCUT2D eigenvalue weighted by Gasteiger charge is 2.52. The number of benzene rings is 3. The van der Waals surface area contributed by atoms with Crippen molar-refractivity contribution >= 4 is 17.0 Å². The van der Waals surface area contributed by atoms with Crippen LogP contribution in [-0.2, 0) is 19.8 Å². The number of hydrogen-bond acceptors (Lipinski definition) is 10. The van der Waals surface area contributed by atoms with Crippen molar-refractivity contribution < 1.29 is 28.8 Å². The van der Waals surface area contributed by atoms with Crippen molar-refractivity contribution in [1.82, 2.24) is 19.5 Å². The minimum atomic E-state index is -1.36. The Balaban J connectivity index is 1.50. The molecule has 3 aromatic carbocycles. The van der Waals surface area contributed by atoms with Crippen LogP contribution in [0.15, 0.2) is 91.5 Å². The highest BCUT2D eigenvalue weighted by molar-refractivity contribution is 5.81. The van der Waals surface area contributed by atoms with Gasteiger partial charge in [0.2, 0.25) is 0 Å². The molecule has 2 aromatic heterocycles. The Kier molecular flexibility index (Phi) is 7.48. The number of aliphatic hydroxyl groups is 1. The van der Waals surface area contributed by atoms with E-state index in [-0.39, 0.29) is 5.82 Å². The van der Waals surface area contributed by atoms with Crippen LogP contribution in [0.1, 0.15) is 22.9 Å². The lowest BCUT2D eigenvalue weighted by molar-refractivity contribution is -0.176. The molecule has 42 heavy (non-hydrogen) atoms. The number of methoxy groups -OCH3 is 3. The second-order valence-corrected chi connectivity index (χ2v) is 9.79. The molecule has 11 nitrogen and oxygen atoms in total. The van der Waals surface area contributed by atoms with Crippen molar-refractivity contribution in [2.75, 3.05) is 27.1 Å². The molecule has 4 atom stereocenters. The molecular weight excluding hydrogens is 538 g/mol. The van der Waals surface area contributed by atoms with E-state index >= 15 is 0 Å². The normalized spacial score (nSPS) is 20.6. The van der Waals surface area contributed by atoms with Crippen molar-refractivity contribution in [3.8, 4) is 11.5 Å². The van der Waals surface area contributed by atoms with Gasteiger partial charge in [-0.15, -0.1) is 0 Å². The average Bonchev–Trinajstić information content (AvgIpc) is 3.61. The lowest BCUT2D eigenvalue weighted by Crippen LogP contribution is -2.45. The van der Waals surface area contributed by atoms with E-state index in [1.807, 2.05) is 78.9 Å². The summed E-state index contributed by atoms with van der Waals surface area (Å²) >= 11 is 0. The number of imidazole rings is 1. The van der Waals surface area contributed by atoms with E-state index in [1.165, 1.54) is 6.33 Å². The Labute approximate surface area is 242 Å². The van der Waals surface area contributed by atoms with Crippen molar-refractivity contribution in [2.24, 2.45) is 0 Å². The number of nitrogens with two attached hydrogens (primary N) is 1. The van der Waals surface area contributed by atoms with Crippen LogP contribution in [-0.4, -0.2) is 64.5 Å². The second kappa shape index (κ2) is 11.4. The molecule has 1 saturated heterocycles. The smallest absolute Gasteiger partial charge is 0.186 e. The summed E-state index contributed by atoms with van der Waals surface area (Å²) in [5.41, 5.74) is 8.12. The summed E-state index contributed by atoms with van der Waals surface area (Å²) < 4.78 is 31.7. The lowest BCUT2D eigenvalue weighted by Gasteiger charge is -2.39. The van der Waals surface area contributed by atoms with E-state index in [2.05, 4.69) is 15.0 Å².